The fourth-order valence-electron chi connectivity index (χ4n) is 2.61. The second kappa shape index (κ2) is 10.0. The van der Waals surface area contributed by atoms with Crippen molar-refractivity contribution in [1.29, 1.82) is 0 Å². The molecule has 0 aliphatic carbocycles. The number of pyridine rings is 1. The molecule has 1 heterocycles. The van der Waals surface area contributed by atoms with E-state index in [0.29, 0.717) is 5.56 Å². The fraction of sp³-hybridized carbons (Fsp3) is 0.350. The lowest BCUT2D eigenvalue weighted by atomic mass is 10.1. The molecule has 0 bridgehead atoms. The minimum absolute atomic E-state index is 0.0751. The Morgan fingerprint density at radius 2 is 1.97 bits per heavy atom. The van der Waals surface area contributed by atoms with E-state index in [1.54, 1.807) is 26.0 Å². The first kappa shape index (κ1) is 23.1. The Morgan fingerprint density at radius 3 is 2.57 bits per heavy atom. The van der Waals surface area contributed by atoms with Crippen molar-refractivity contribution in [3.63, 3.8) is 0 Å². The third kappa shape index (κ3) is 7.02. The number of halogens is 4. The van der Waals surface area contributed by atoms with Crippen LogP contribution in [-0.4, -0.2) is 41.2 Å². The molecule has 0 aliphatic heterocycles. The van der Waals surface area contributed by atoms with Crippen LogP contribution in [0.25, 0.3) is 0 Å². The molecule has 1 aromatic heterocycles. The number of carbonyl (C=O) groups is 2. The maximum atomic E-state index is 13.6. The van der Waals surface area contributed by atoms with Crippen LogP contribution in [0.15, 0.2) is 42.7 Å². The average molecular weight is 427 g/mol. The molecule has 30 heavy (non-hydrogen) atoms. The van der Waals surface area contributed by atoms with E-state index in [-0.39, 0.29) is 42.9 Å². The quantitative estimate of drug-likeness (QED) is 0.655. The zero-order valence-electron chi connectivity index (χ0n) is 16.4. The highest BCUT2D eigenvalue weighted by Gasteiger charge is 2.32. The fourth-order valence-corrected chi connectivity index (χ4v) is 2.61. The van der Waals surface area contributed by atoms with Crippen LogP contribution in [0.5, 0.6) is 5.75 Å². The molecule has 1 aromatic carbocycles. The smallest absolute Gasteiger partial charge is 0.403 e. The molecular weight excluding hydrogens is 406 g/mol. The molecule has 0 atom stereocenters. The van der Waals surface area contributed by atoms with E-state index in [4.69, 9.17) is 0 Å². The molecule has 2 aromatic rings. The molecule has 0 fully saturated rings. The van der Waals surface area contributed by atoms with E-state index in [1.807, 2.05) is 0 Å². The first-order chi connectivity index (χ1) is 14.1. The first-order valence-corrected chi connectivity index (χ1v) is 9.08. The second-order valence-electron chi connectivity index (χ2n) is 6.72. The molecule has 0 radical (unpaired) electrons. The van der Waals surface area contributed by atoms with E-state index < -0.39 is 17.9 Å². The van der Waals surface area contributed by atoms with Crippen LogP contribution in [0, 0.1) is 11.7 Å². The SMILES string of the molecule is CC(C)C(=O)N(CCNC(=O)c1cccnc1)Cc1ccc(F)c(OC(F)(F)F)c1. The number of ether oxygens (including phenoxy) is 1. The van der Waals surface area contributed by atoms with Gasteiger partial charge in [-0.15, -0.1) is 13.2 Å². The summed E-state index contributed by atoms with van der Waals surface area (Å²) in [5.74, 6) is -3.16. The van der Waals surface area contributed by atoms with Gasteiger partial charge < -0.3 is 15.0 Å². The van der Waals surface area contributed by atoms with E-state index in [2.05, 4.69) is 15.0 Å². The van der Waals surface area contributed by atoms with Crippen molar-refractivity contribution in [3.8, 4) is 5.75 Å². The number of hydrogen-bond acceptors (Lipinski definition) is 4. The molecule has 0 saturated heterocycles. The molecule has 2 amide bonds. The van der Waals surface area contributed by atoms with Gasteiger partial charge in [-0.3, -0.25) is 14.6 Å². The van der Waals surface area contributed by atoms with Gasteiger partial charge in [0, 0.05) is 37.9 Å². The molecule has 6 nitrogen and oxygen atoms in total. The summed E-state index contributed by atoms with van der Waals surface area (Å²) < 4.78 is 54.6. The normalized spacial score (nSPS) is 11.3. The van der Waals surface area contributed by atoms with Crippen molar-refractivity contribution >= 4 is 11.8 Å². The van der Waals surface area contributed by atoms with Crippen LogP contribution in [0.3, 0.4) is 0 Å². The second-order valence-corrected chi connectivity index (χ2v) is 6.72. The van der Waals surface area contributed by atoms with Gasteiger partial charge in [0.25, 0.3) is 5.91 Å². The molecule has 0 saturated carbocycles. The lowest BCUT2D eigenvalue weighted by Crippen LogP contribution is -2.40. The third-order valence-corrected chi connectivity index (χ3v) is 3.99. The van der Waals surface area contributed by atoms with Crippen LogP contribution in [0.2, 0.25) is 0 Å². The number of alkyl halides is 3. The predicted molar refractivity (Wildman–Crippen MR) is 99.9 cm³/mol. The summed E-state index contributed by atoms with van der Waals surface area (Å²) in [4.78, 5) is 29.8. The van der Waals surface area contributed by atoms with E-state index in [9.17, 15) is 27.2 Å². The van der Waals surface area contributed by atoms with Gasteiger partial charge in [-0.05, 0) is 29.8 Å². The highest BCUT2D eigenvalue weighted by atomic mass is 19.4. The Labute approximate surface area is 170 Å². The minimum Gasteiger partial charge on any atom is -0.403 e. The number of nitrogens with one attached hydrogen (secondary N) is 1. The number of benzene rings is 1. The van der Waals surface area contributed by atoms with Gasteiger partial charge in [0.15, 0.2) is 11.6 Å². The van der Waals surface area contributed by atoms with Gasteiger partial charge in [0.2, 0.25) is 5.91 Å². The van der Waals surface area contributed by atoms with Crippen molar-refractivity contribution in [3.05, 3.63) is 59.7 Å². The lowest BCUT2D eigenvalue weighted by molar-refractivity contribution is -0.275. The molecular formula is C20H21F4N3O3. The van der Waals surface area contributed by atoms with Gasteiger partial charge in [0.1, 0.15) is 0 Å². The van der Waals surface area contributed by atoms with Crippen molar-refractivity contribution in [2.24, 2.45) is 5.92 Å². The summed E-state index contributed by atoms with van der Waals surface area (Å²) >= 11 is 0. The molecule has 10 heteroatoms. The van der Waals surface area contributed by atoms with Crippen LogP contribution >= 0.6 is 0 Å². The van der Waals surface area contributed by atoms with Crippen molar-refractivity contribution in [2.45, 2.75) is 26.8 Å². The Balaban J connectivity index is 2.07. The summed E-state index contributed by atoms with van der Waals surface area (Å²) in [5, 5.41) is 2.65. The number of aromatic nitrogens is 1. The van der Waals surface area contributed by atoms with Crippen LogP contribution < -0.4 is 10.1 Å². The molecule has 0 spiro atoms. The summed E-state index contributed by atoms with van der Waals surface area (Å²) in [6.07, 6.45) is -2.12. The molecule has 0 unspecified atom stereocenters. The monoisotopic (exact) mass is 427 g/mol. The predicted octanol–water partition coefficient (Wildman–Crippen LogP) is 3.53. The highest BCUT2D eigenvalue weighted by molar-refractivity contribution is 5.93. The van der Waals surface area contributed by atoms with Gasteiger partial charge in [-0.25, -0.2) is 4.39 Å². The van der Waals surface area contributed by atoms with Gasteiger partial charge >= 0.3 is 6.36 Å². The standard InChI is InChI=1S/C20H21F4N3O3/c1-13(2)19(29)27(9-8-26-18(28)15-4-3-7-25-11-15)12-14-5-6-16(21)17(10-14)30-20(22,23)24/h3-7,10-11,13H,8-9,12H2,1-2H3,(H,26,28). The molecule has 162 valence electrons. The molecule has 2 rings (SSSR count). The summed E-state index contributed by atoms with van der Waals surface area (Å²) in [7, 11) is 0. The number of carbonyl (C=O) groups excluding carboxylic acids is 2. The number of nitrogens with zero attached hydrogens (tertiary/aromatic N) is 2. The average Bonchev–Trinajstić information content (AvgIpc) is 2.68. The van der Waals surface area contributed by atoms with Gasteiger partial charge in [0.05, 0.1) is 5.56 Å². The maximum Gasteiger partial charge on any atom is 0.573 e. The Hall–Kier alpha value is -3.17. The first-order valence-electron chi connectivity index (χ1n) is 9.08. The van der Waals surface area contributed by atoms with Crippen molar-refractivity contribution in [1.82, 2.24) is 15.2 Å². The largest absolute Gasteiger partial charge is 0.573 e. The highest BCUT2D eigenvalue weighted by Crippen LogP contribution is 2.27. The number of hydrogen-bond donors (Lipinski definition) is 1. The zero-order chi connectivity index (χ0) is 22.3. The molecule has 1 N–H and O–H groups in total. The van der Waals surface area contributed by atoms with Gasteiger partial charge in [-0.1, -0.05) is 19.9 Å². The van der Waals surface area contributed by atoms with Crippen molar-refractivity contribution in [2.75, 3.05) is 13.1 Å². The van der Waals surface area contributed by atoms with Crippen LogP contribution in [0.4, 0.5) is 17.6 Å². The molecule has 0 aliphatic rings. The summed E-state index contributed by atoms with van der Waals surface area (Å²) in [5.41, 5.74) is 0.606. The maximum absolute atomic E-state index is 13.6. The third-order valence-electron chi connectivity index (χ3n) is 3.99. The van der Waals surface area contributed by atoms with E-state index in [0.717, 1.165) is 12.1 Å². The van der Waals surface area contributed by atoms with Crippen LogP contribution in [-0.2, 0) is 11.3 Å². The lowest BCUT2D eigenvalue weighted by Gasteiger charge is -2.25. The number of rotatable bonds is 8. The van der Waals surface area contributed by atoms with Crippen molar-refractivity contribution < 1.29 is 31.9 Å². The van der Waals surface area contributed by atoms with E-state index in [1.165, 1.54) is 23.4 Å². The zero-order valence-corrected chi connectivity index (χ0v) is 16.4. The Bertz CT molecular complexity index is 873. The minimum atomic E-state index is -5.04. The Morgan fingerprint density at radius 1 is 1.23 bits per heavy atom. The topological polar surface area (TPSA) is 71.5 Å². The van der Waals surface area contributed by atoms with E-state index >= 15 is 0 Å². The Kier molecular flexibility index (Phi) is 7.73. The van der Waals surface area contributed by atoms with Crippen LogP contribution in [0.1, 0.15) is 29.8 Å². The van der Waals surface area contributed by atoms with Gasteiger partial charge in [-0.2, -0.15) is 0 Å². The summed E-state index contributed by atoms with van der Waals surface area (Å²) in [6.45, 7) is 3.49. The number of amides is 2. The summed E-state index contributed by atoms with van der Waals surface area (Å²) in [6, 6.07) is 6.21.